The van der Waals surface area contributed by atoms with E-state index in [0.29, 0.717) is 5.57 Å². The van der Waals surface area contributed by atoms with Crippen molar-refractivity contribution in [2.75, 3.05) is 0 Å². The molecule has 0 aliphatic heterocycles. The van der Waals surface area contributed by atoms with Crippen molar-refractivity contribution in [3.63, 3.8) is 0 Å². The number of carbonyl (C=O) groups is 1. The van der Waals surface area contributed by atoms with Gasteiger partial charge in [0, 0.05) is 5.57 Å². The molecule has 14 heavy (non-hydrogen) atoms. The van der Waals surface area contributed by atoms with Crippen LogP contribution in [0.25, 0.3) is 0 Å². The third-order valence-corrected chi connectivity index (χ3v) is 2.27. The molecule has 0 aromatic carbocycles. The lowest BCUT2D eigenvalue weighted by Gasteiger charge is -2.01. The Morgan fingerprint density at radius 1 is 1.14 bits per heavy atom. The molecule has 2 nitrogen and oxygen atoms in total. The Balaban J connectivity index is 3.86. The Hall–Kier alpha value is -0.790. The minimum absolute atomic E-state index is 0.600. The summed E-state index contributed by atoms with van der Waals surface area (Å²) < 4.78 is 0. The van der Waals surface area contributed by atoms with Crippen molar-refractivity contribution in [1.29, 1.82) is 0 Å². The average molecular weight is 198 g/mol. The summed E-state index contributed by atoms with van der Waals surface area (Å²) in [6, 6.07) is 0. The van der Waals surface area contributed by atoms with Gasteiger partial charge in [-0.2, -0.15) is 0 Å². The maximum atomic E-state index is 10.8. The van der Waals surface area contributed by atoms with Gasteiger partial charge in [-0.3, -0.25) is 0 Å². The molecule has 0 rings (SSSR count). The molecule has 0 heterocycles. The van der Waals surface area contributed by atoms with Crippen LogP contribution in [0.2, 0.25) is 0 Å². The molecular weight excluding hydrogens is 176 g/mol. The van der Waals surface area contributed by atoms with Crippen molar-refractivity contribution in [2.24, 2.45) is 0 Å². The van der Waals surface area contributed by atoms with Gasteiger partial charge in [-0.05, 0) is 25.7 Å². The topological polar surface area (TPSA) is 37.3 Å². The second-order valence-electron chi connectivity index (χ2n) is 3.63. The molecule has 0 saturated heterocycles. The van der Waals surface area contributed by atoms with Gasteiger partial charge in [0.05, 0.1) is 0 Å². The summed E-state index contributed by atoms with van der Waals surface area (Å²) in [5.74, 6) is -0.741. The number of hydrogen-bond acceptors (Lipinski definition) is 1. The van der Waals surface area contributed by atoms with Crippen molar-refractivity contribution >= 4 is 5.97 Å². The summed E-state index contributed by atoms with van der Waals surface area (Å²) in [5, 5.41) is 8.89. The van der Waals surface area contributed by atoms with E-state index in [9.17, 15) is 4.79 Å². The van der Waals surface area contributed by atoms with Gasteiger partial charge in [0.25, 0.3) is 0 Å². The summed E-state index contributed by atoms with van der Waals surface area (Å²) in [6.45, 7) is 4.23. The number of allylic oxidation sites excluding steroid dienone is 1. The Labute approximate surface area is 87.0 Å². The molecule has 1 N–H and O–H groups in total. The lowest BCUT2D eigenvalue weighted by Crippen LogP contribution is -2.00. The molecule has 0 aliphatic carbocycles. The number of carboxylic acid groups (broad SMARTS) is 1. The normalized spacial score (nSPS) is 11.7. The van der Waals surface area contributed by atoms with Crippen LogP contribution >= 0.6 is 0 Å². The SMILES string of the molecule is CCCCC/C=C(\CCCC)C(=O)O. The maximum Gasteiger partial charge on any atom is 0.331 e. The summed E-state index contributed by atoms with van der Waals surface area (Å²) in [4.78, 5) is 10.8. The first-order valence-corrected chi connectivity index (χ1v) is 5.64. The van der Waals surface area contributed by atoms with Crippen LogP contribution in [-0.4, -0.2) is 11.1 Å². The Morgan fingerprint density at radius 3 is 2.29 bits per heavy atom. The van der Waals surface area contributed by atoms with E-state index in [1.807, 2.05) is 6.08 Å². The van der Waals surface area contributed by atoms with E-state index in [0.717, 1.165) is 32.1 Å². The lowest BCUT2D eigenvalue weighted by molar-refractivity contribution is -0.132. The van der Waals surface area contributed by atoms with Gasteiger partial charge in [-0.25, -0.2) is 4.79 Å². The summed E-state index contributed by atoms with van der Waals surface area (Å²) >= 11 is 0. The summed E-state index contributed by atoms with van der Waals surface area (Å²) in [7, 11) is 0. The zero-order chi connectivity index (χ0) is 10.8. The lowest BCUT2D eigenvalue weighted by atomic mass is 10.1. The molecule has 82 valence electrons. The molecule has 0 atom stereocenters. The first-order valence-electron chi connectivity index (χ1n) is 5.64. The molecule has 0 saturated carbocycles. The smallest absolute Gasteiger partial charge is 0.331 e. The monoisotopic (exact) mass is 198 g/mol. The molecule has 0 unspecified atom stereocenters. The van der Waals surface area contributed by atoms with Gasteiger partial charge in [0.15, 0.2) is 0 Å². The fourth-order valence-electron chi connectivity index (χ4n) is 1.33. The van der Waals surface area contributed by atoms with E-state index in [1.54, 1.807) is 0 Å². The molecule has 0 aromatic heterocycles. The van der Waals surface area contributed by atoms with Crippen LogP contribution < -0.4 is 0 Å². The van der Waals surface area contributed by atoms with E-state index < -0.39 is 5.97 Å². The average Bonchev–Trinajstić information content (AvgIpc) is 2.16. The summed E-state index contributed by atoms with van der Waals surface area (Å²) in [5.41, 5.74) is 0.600. The van der Waals surface area contributed by atoms with Crippen molar-refractivity contribution in [3.8, 4) is 0 Å². The first kappa shape index (κ1) is 13.2. The zero-order valence-corrected chi connectivity index (χ0v) is 9.38. The molecule has 0 spiro atoms. The summed E-state index contributed by atoms with van der Waals surface area (Å²) in [6.07, 6.45) is 9.05. The third kappa shape index (κ3) is 6.70. The van der Waals surface area contributed by atoms with Gasteiger partial charge in [0.2, 0.25) is 0 Å². The van der Waals surface area contributed by atoms with Crippen LogP contribution in [0.3, 0.4) is 0 Å². The van der Waals surface area contributed by atoms with E-state index in [1.165, 1.54) is 12.8 Å². The second-order valence-corrected chi connectivity index (χ2v) is 3.63. The van der Waals surface area contributed by atoms with Gasteiger partial charge < -0.3 is 5.11 Å². The molecule has 0 fully saturated rings. The third-order valence-electron chi connectivity index (χ3n) is 2.27. The molecule has 0 bridgehead atoms. The molecule has 0 radical (unpaired) electrons. The number of rotatable bonds is 8. The maximum absolute atomic E-state index is 10.8. The quantitative estimate of drug-likeness (QED) is 0.476. The van der Waals surface area contributed by atoms with Gasteiger partial charge in [0.1, 0.15) is 0 Å². The van der Waals surface area contributed by atoms with Crippen LogP contribution in [0.4, 0.5) is 0 Å². The van der Waals surface area contributed by atoms with Crippen LogP contribution in [0.15, 0.2) is 11.6 Å². The van der Waals surface area contributed by atoms with E-state index >= 15 is 0 Å². The van der Waals surface area contributed by atoms with Crippen LogP contribution in [0.1, 0.15) is 58.8 Å². The van der Waals surface area contributed by atoms with Crippen molar-refractivity contribution in [2.45, 2.75) is 58.8 Å². The van der Waals surface area contributed by atoms with Gasteiger partial charge >= 0.3 is 5.97 Å². The van der Waals surface area contributed by atoms with Crippen LogP contribution in [-0.2, 0) is 4.79 Å². The molecule has 0 amide bonds. The van der Waals surface area contributed by atoms with E-state index in [2.05, 4.69) is 13.8 Å². The highest BCUT2D eigenvalue weighted by molar-refractivity contribution is 5.86. The number of carboxylic acids is 1. The minimum atomic E-state index is -0.741. The van der Waals surface area contributed by atoms with E-state index in [-0.39, 0.29) is 0 Å². The largest absolute Gasteiger partial charge is 0.478 e. The Morgan fingerprint density at radius 2 is 1.79 bits per heavy atom. The molecule has 2 heteroatoms. The number of hydrogen-bond donors (Lipinski definition) is 1. The minimum Gasteiger partial charge on any atom is -0.478 e. The van der Waals surface area contributed by atoms with Gasteiger partial charge in [-0.15, -0.1) is 0 Å². The standard InChI is InChI=1S/C12H22O2/c1-3-5-7-8-10-11(12(13)14)9-6-4-2/h10H,3-9H2,1-2H3,(H,13,14)/b11-10+. The first-order chi connectivity index (χ1) is 6.72. The molecular formula is C12H22O2. The number of aliphatic carboxylic acids is 1. The van der Waals surface area contributed by atoms with Crippen molar-refractivity contribution < 1.29 is 9.90 Å². The highest BCUT2D eigenvalue weighted by Gasteiger charge is 2.04. The molecule has 0 aromatic rings. The van der Waals surface area contributed by atoms with E-state index in [4.69, 9.17) is 5.11 Å². The van der Waals surface area contributed by atoms with Crippen LogP contribution in [0.5, 0.6) is 0 Å². The van der Waals surface area contributed by atoms with Crippen molar-refractivity contribution in [1.82, 2.24) is 0 Å². The molecule has 0 aliphatic rings. The number of unbranched alkanes of at least 4 members (excludes halogenated alkanes) is 4. The Kier molecular flexibility index (Phi) is 8.30. The predicted molar refractivity (Wildman–Crippen MR) is 59.4 cm³/mol. The van der Waals surface area contributed by atoms with Gasteiger partial charge in [-0.1, -0.05) is 39.2 Å². The fraction of sp³-hybridized carbons (Fsp3) is 0.750. The van der Waals surface area contributed by atoms with Crippen LogP contribution in [0, 0.1) is 0 Å². The fourth-order valence-corrected chi connectivity index (χ4v) is 1.33. The Bertz CT molecular complexity index is 183. The second kappa shape index (κ2) is 8.79. The predicted octanol–water partition coefficient (Wildman–Crippen LogP) is 3.77. The zero-order valence-electron chi connectivity index (χ0n) is 9.38. The highest BCUT2D eigenvalue weighted by Crippen LogP contribution is 2.10. The van der Waals surface area contributed by atoms with Crippen molar-refractivity contribution in [3.05, 3.63) is 11.6 Å². The highest BCUT2D eigenvalue weighted by atomic mass is 16.4.